The third-order valence-corrected chi connectivity index (χ3v) is 5.04. The fourth-order valence-electron chi connectivity index (χ4n) is 3.93. The Kier molecular flexibility index (Phi) is 4.87. The summed E-state index contributed by atoms with van der Waals surface area (Å²) in [6, 6.07) is 0.560. The highest BCUT2D eigenvalue weighted by Crippen LogP contribution is 2.50. The molecule has 0 aromatic heterocycles. The van der Waals surface area contributed by atoms with Crippen LogP contribution in [-0.4, -0.2) is 25.8 Å². The van der Waals surface area contributed by atoms with Gasteiger partial charge < -0.3 is 10.1 Å². The predicted octanol–water partition coefficient (Wildman–Crippen LogP) is 3.22. The van der Waals surface area contributed by atoms with Gasteiger partial charge in [0.05, 0.1) is 6.10 Å². The Labute approximate surface area is 107 Å². The van der Waals surface area contributed by atoms with E-state index in [1.165, 1.54) is 38.5 Å². The molecule has 2 saturated carbocycles. The molecule has 17 heavy (non-hydrogen) atoms. The molecular weight excluding hydrogens is 210 g/mol. The van der Waals surface area contributed by atoms with Gasteiger partial charge in [-0.2, -0.15) is 0 Å². The van der Waals surface area contributed by atoms with Gasteiger partial charge in [-0.3, -0.25) is 0 Å². The number of hydrogen-bond donors (Lipinski definition) is 1. The van der Waals surface area contributed by atoms with Gasteiger partial charge in [0.15, 0.2) is 0 Å². The monoisotopic (exact) mass is 239 g/mol. The lowest BCUT2D eigenvalue weighted by Crippen LogP contribution is -2.41. The van der Waals surface area contributed by atoms with Gasteiger partial charge in [-0.1, -0.05) is 13.3 Å². The third kappa shape index (κ3) is 3.23. The molecule has 2 bridgehead atoms. The van der Waals surface area contributed by atoms with E-state index < -0.39 is 0 Å². The first-order valence-corrected chi connectivity index (χ1v) is 7.50. The van der Waals surface area contributed by atoms with Crippen molar-refractivity contribution in [3.63, 3.8) is 0 Å². The average Bonchev–Trinajstić information content (AvgIpc) is 2.95. The van der Waals surface area contributed by atoms with E-state index in [4.69, 9.17) is 4.74 Å². The van der Waals surface area contributed by atoms with Crippen LogP contribution < -0.4 is 5.32 Å². The fourth-order valence-corrected chi connectivity index (χ4v) is 3.93. The zero-order chi connectivity index (χ0) is 12.3. The van der Waals surface area contributed by atoms with Gasteiger partial charge in [-0.25, -0.2) is 0 Å². The van der Waals surface area contributed by atoms with Gasteiger partial charge in [0.25, 0.3) is 0 Å². The van der Waals surface area contributed by atoms with Crippen LogP contribution in [0.25, 0.3) is 0 Å². The molecule has 0 radical (unpaired) electrons. The summed E-state index contributed by atoms with van der Waals surface area (Å²) in [4.78, 5) is 0. The maximum absolute atomic E-state index is 5.54. The van der Waals surface area contributed by atoms with Crippen LogP contribution in [0.1, 0.15) is 52.4 Å². The van der Waals surface area contributed by atoms with Crippen molar-refractivity contribution in [2.45, 2.75) is 64.5 Å². The largest absolute Gasteiger partial charge is 0.380 e. The summed E-state index contributed by atoms with van der Waals surface area (Å²) in [5.41, 5.74) is 0. The molecule has 0 aliphatic heterocycles. The van der Waals surface area contributed by atoms with Crippen molar-refractivity contribution < 1.29 is 4.74 Å². The van der Waals surface area contributed by atoms with E-state index in [9.17, 15) is 0 Å². The number of hydrogen-bond acceptors (Lipinski definition) is 2. The summed E-state index contributed by atoms with van der Waals surface area (Å²) in [5.74, 6) is 3.07. The number of nitrogens with one attached hydrogen (secondary N) is 1. The first kappa shape index (κ1) is 13.4. The van der Waals surface area contributed by atoms with E-state index in [-0.39, 0.29) is 0 Å². The highest BCUT2D eigenvalue weighted by Gasteiger charge is 2.40. The Balaban J connectivity index is 1.83. The zero-order valence-corrected chi connectivity index (χ0v) is 11.7. The quantitative estimate of drug-likeness (QED) is 0.736. The maximum Gasteiger partial charge on any atom is 0.0696 e. The topological polar surface area (TPSA) is 21.3 Å². The summed E-state index contributed by atoms with van der Waals surface area (Å²) in [7, 11) is 1.84. The van der Waals surface area contributed by atoms with Crippen LogP contribution in [0.3, 0.4) is 0 Å². The maximum atomic E-state index is 5.54. The first-order chi connectivity index (χ1) is 8.24. The summed E-state index contributed by atoms with van der Waals surface area (Å²) in [5, 5.41) is 3.68. The van der Waals surface area contributed by atoms with Crippen LogP contribution in [0.5, 0.6) is 0 Å². The minimum absolute atomic E-state index is 0.348. The molecule has 100 valence electrons. The van der Waals surface area contributed by atoms with Crippen LogP contribution >= 0.6 is 0 Å². The van der Waals surface area contributed by atoms with Crippen molar-refractivity contribution in [3.05, 3.63) is 0 Å². The molecule has 2 aliphatic carbocycles. The van der Waals surface area contributed by atoms with E-state index in [2.05, 4.69) is 19.2 Å². The highest BCUT2D eigenvalue weighted by atomic mass is 16.5. The Morgan fingerprint density at radius 2 is 2.12 bits per heavy atom. The average molecular weight is 239 g/mol. The molecule has 2 fully saturated rings. The van der Waals surface area contributed by atoms with Crippen LogP contribution in [-0.2, 0) is 4.74 Å². The Hall–Kier alpha value is -0.0800. The Bertz CT molecular complexity index is 231. The smallest absolute Gasteiger partial charge is 0.0696 e. The minimum atomic E-state index is 0.348. The van der Waals surface area contributed by atoms with Gasteiger partial charge in [-0.05, 0) is 63.3 Å². The molecule has 0 aromatic rings. The van der Waals surface area contributed by atoms with Crippen LogP contribution in [0, 0.1) is 17.8 Å². The molecule has 2 nitrogen and oxygen atoms in total. The van der Waals surface area contributed by atoms with E-state index in [1.807, 2.05) is 7.11 Å². The summed E-state index contributed by atoms with van der Waals surface area (Å²) < 4.78 is 5.54. The van der Waals surface area contributed by atoms with Crippen LogP contribution in [0.15, 0.2) is 0 Å². The summed E-state index contributed by atoms with van der Waals surface area (Å²) >= 11 is 0. The number of methoxy groups -OCH3 is 1. The van der Waals surface area contributed by atoms with Gasteiger partial charge in [0, 0.05) is 13.2 Å². The standard InChI is InChI=1S/C15H29NO/c1-4-7-16-15(11(2)17-3)10-14-9-12-5-6-13(14)8-12/h11-16H,4-10H2,1-3H3. The van der Waals surface area contributed by atoms with Crippen molar-refractivity contribution in [1.82, 2.24) is 5.32 Å². The van der Waals surface area contributed by atoms with Gasteiger partial charge in [0.1, 0.15) is 0 Å². The molecule has 0 saturated heterocycles. The highest BCUT2D eigenvalue weighted by molar-refractivity contribution is 4.92. The second kappa shape index (κ2) is 6.19. The molecule has 5 unspecified atom stereocenters. The molecule has 1 N–H and O–H groups in total. The Morgan fingerprint density at radius 3 is 2.65 bits per heavy atom. The second-order valence-electron chi connectivity index (χ2n) is 6.17. The van der Waals surface area contributed by atoms with E-state index in [0.29, 0.717) is 12.1 Å². The SMILES string of the molecule is CCCNC(CC1CC2CCC1C2)C(C)OC. The van der Waals surface area contributed by atoms with E-state index in [1.54, 1.807) is 0 Å². The van der Waals surface area contributed by atoms with Crippen molar-refractivity contribution in [2.24, 2.45) is 17.8 Å². The fraction of sp³-hybridized carbons (Fsp3) is 1.00. The molecule has 0 heterocycles. The van der Waals surface area contributed by atoms with Crippen molar-refractivity contribution >= 4 is 0 Å². The first-order valence-electron chi connectivity index (χ1n) is 7.50. The van der Waals surface area contributed by atoms with Gasteiger partial charge in [-0.15, -0.1) is 0 Å². The van der Waals surface area contributed by atoms with E-state index >= 15 is 0 Å². The number of ether oxygens (including phenoxy) is 1. The third-order valence-electron chi connectivity index (χ3n) is 5.04. The molecular formula is C15H29NO. The molecule has 0 spiro atoms. The van der Waals surface area contributed by atoms with Crippen LogP contribution in [0.2, 0.25) is 0 Å². The normalized spacial score (nSPS) is 35.1. The number of rotatable bonds is 7. The predicted molar refractivity (Wildman–Crippen MR) is 72.1 cm³/mol. The lowest BCUT2D eigenvalue weighted by Gasteiger charge is -2.30. The Morgan fingerprint density at radius 1 is 1.29 bits per heavy atom. The molecule has 2 heteroatoms. The molecule has 5 atom stereocenters. The summed E-state index contributed by atoms with van der Waals surface area (Å²) in [6.07, 6.45) is 8.91. The number of fused-ring (bicyclic) bond motifs is 2. The zero-order valence-electron chi connectivity index (χ0n) is 11.7. The van der Waals surface area contributed by atoms with E-state index in [0.717, 1.165) is 24.3 Å². The molecule has 2 rings (SSSR count). The van der Waals surface area contributed by atoms with Gasteiger partial charge in [0.2, 0.25) is 0 Å². The van der Waals surface area contributed by atoms with Gasteiger partial charge >= 0.3 is 0 Å². The molecule has 2 aliphatic rings. The van der Waals surface area contributed by atoms with Crippen molar-refractivity contribution in [3.8, 4) is 0 Å². The summed E-state index contributed by atoms with van der Waals surface area (Å²) in [6.45, 7) is 5.57. The lowest BCUT2D eigenvalue weighted by molar-refractivity contribution is 0.0694. The second-order valence-corrected chi connectivity index (χ2v) is 6.17. The molecule has 0 aromatic carbocycles. The molecule has 0 amide bonds. The van der Waals surface area contributed by atoms with Crippen molar-refractivity contribution in [1.29, 1.82) is 0 Å². The minimum Gasteiger partial charge on any atom is -0.380 e. The lowest BCUT2D eigenvalue weighted by atomic mass is 9.83. The van der Waals surface area contributed by atoms with Crippen LogP contribution in [0.4, 0.5) is 0 Å². The van der Waals surface area contributed by atoms with Crippen molar-refractivity contribution in [2.75, 3.05) is 13.7 Å².